The van der Waals surface area contributed by atoms with Crippen LogP contribution in [-0.2, 0) is 6.18 Å². The Balaban J connectivity index is 2.20. The molecule has 6 nitrogen and oxygen atoms in total. The van der Waals surface area contributed by atoms with E-state index in [-0.39, 0.29) is 33.8 Å². The van der Waals surface area contributed by atoms with Gasteiger partial charge in [0.05, 0.1) is 18.4 Å². The van der Waals surface area contributed by atoms with Crippen LogP contribution in [0.2, 0.25) is 0 Å². The third-order valence-corrected chi connectivity index (χ3v) is 4.40. The van der Waals surface area contributed by atoms with Crippen LogP contribution in [-0.4, -0.2) is 29.8 Å². The lowest BCUT2D eigenvalue weighted by molar-refractivity contribution is -0.137. The second kappa shape index (κ2) is 7.94. The number of hydrogen-bond acceptors (Lipinski definition) is 5. The number of nitrogens with one attached hydrogen (secondary N) is 1. The number of ether oxygens (including phenoxy) is 1. The summed E-state index contributed by atoms with van der Waals surface area (Å²) in [6, 6.07) is 8.34. The van der Waals surface area contributed by atoms with E-state index in [4.69, 9.17) is 10.5 Å². The maximum Gasteiger partial charge on any atom is 0.417 e. The monoisotopic (exact) mass is 404 g/mol. The predicted octanol–water partition coefficient (Wildman–Crippen LogP) is 4.05. The molecule has 9 heteroatoms. The molecule has 0 aliphatic heterocycles. The molecule has 0 bridgehead atoms. The lowest BCUT2D eigenvalue weighted by Crippen LogP contribution is -2.26. The number of fused-ring (bicyclic) bond motifs is 1. The zero-order valence-corrected chi connectivity index (χ0v) is 15.8. The van der Waals surface area contributed by atoms with Crippen molar-refractivity contribution in [1.82, 2.24) is 15.5 Å². The van der Waals surface area contributed by atoms with Gasteiger partial charge in [-0.1, -0.05) is 31.2 Å². The molecule has 3 N–H and O–H groups in total. The molecular weight excluding hydrogens is 385 g/mol. The average Bonchev–Trinajstić information content (AvgIpc) is 2.71. The van der Waals surface area contributed by atoms with Crippen LogP contribution in [0.25, 0.3) is 22.0 Å². The van der Waals surface area contributed by atoms with Crippen molar-refractivity contribution in [3.8, 4) is 16.9 Å². The first kappa shape index (κ1) is 20.4. The summed E-state index contributed by atoms with van der Waals surface area (Å²) in [6.45, 7) is 2.34. The molecule has 0 atom stereocenters. The Kier molecular flexibility index (Phi) is 5.58. The Hall–Kier alpha value is -3.36. The fourth-order valence-corrected chi connectivity index (χ4v) is 2.98. The zero-order chi connectivity index (χ0) is 21.2. The smallest absolute Gasteiger partial charge is 0.417 e. The molecule has 152 valence electrons. The molecule has 1 heterocycles. The van der Waals surface area contributed by atoms with Gasteiger partial charge in [0.2, 0.25) is 0 Å². The van der Waals surface area contributed by atoms with Gasteiger partial charge in [0.25, 0.3) is 5.91 Å². The van der Waals surface area contributed by atoms with Crippen LogP contribution in [0.5, 0.6) is 5.75 Å². The van der Waals surface area contributed by atoms with E-state index < -0.39 is 17.6 Å². The molecule has 29 heavy (non-hydrogen) atoms. The number of rotatable bonds is 5. The first-order valence-electron chi connectivity index (χ1n) is 8.86. The number of carbonyl (C=O) groups is 1. The van der Waals surface area contributed by atoms with Gasteiger partial charge in [-0.25, -0.2) is 0 Å². The third kappa shape index (κ3) is 3.94. The van der Waals surface area contributed by atoms with Crippen LogP contribution in [0.15, 0.2) is 36.4 Å². The Bertz CT molecular complexity index is 1070. The summed E-state index contributed by atoms with van der Waals surface area (Å²) in [5.74, 6) is -0.397. The van der Waals surface area contributed by atoms with Crippen LogP contribution in [0.4, 0.5) is 18.9 Å². The highest BCUT2D eigenvalue weighted by Gasteiger charge is 2.35. The highest BCUT2D eigenvalue weighted by molar-refractivity contribution is 6.07. The molecule has 0 aliphatic carbocycles. The van der Waals surface area contributed by atoms with Gasteiger partial charge >= 0.3 is 6.18 Å². The van der Waals surface area contributed by atoms with Gasteiger partial charge in [-0.15, -0.1) is 10.2 Å². The van der Waals surface area contributed by atoms with Gasteiger partial charge < -0.3 is 15.8 Å². The minimum absolute atomic E-state index is 0.0612. The van der Waals surface area contributed by atoms with E-state index in [0.29, 0.717) is 11.9 Å². The van der Waals surface area contributed by atoms with Crippen LogP contribution in [0.1, 0.15) is 29.4 Å². The Morgan fingerprint density at radius 1 is 1.17 bits per heavy atom. The van der Waals surface area contributed by atoms with Gasteiger partial charge in [-0.3, -0.25) is 4.79 Å². The van der Waals surface area contributed by atoms with Crippen molar-refractivity contribution < 1.29 is 22.7 Å². The molecule has 0 fully saturated rings. The standard InChI is InChI=1S/C20H19F3N4O2/c1-3-9-25-19(28)18-16(24)14-6-4-5-13(17(14)26-27-18)12-8-7-11(29-2)10-15(12)20(21,22)23/h4-8,10H,3,9H2,1-2H3,(H2,24,26)(H,25,28). The predicted molar refractivity (Wildman–Crippen MR) is 104 cm³/mol. The molecule has 3 aromatic rings. The Morgan fingerprint density at radius 2 is 1.93 bits per heavy atom. The average molecular weight is 404 g/mol. The molecule has 1 aromatic heterocycles. The summed E-state index contributed by atoms with van der Waals surface area (Å²) in [6.07, 6.45) is -3.88. The van der Waals surface area contributed by atoms with Gasteiger partial charge in [-0.05, 0) is 24.1 Å². The summed E-state index contributed by atoms with van der Waals surface area (Å²) in [4.78, 5) is 12.2. The number of nitrogens with two attached hydrogens (primary N) is 1. The largest absolute Gasteiger partial charge is 0.497 e. The summed E-state index contributed by atoms with van der Waals surface area (Å²) in [5, 5.41) is 10.9. The number of benzene rings is 2. The number of carbonyl (C=O) groups excluding carboxylic acids is 1. The number of hydrogen-bond donors (Lipinski definition) is 2. The van der Waals surface area contributed by atoms with E-state index in [1.165, 1.54) is 25.3 Å². The molecule has 0 unspecified atom stereocenters. The number of anilines is 1. The van der Waals surface area contributed by atoms with E-state index in [1.807, 2.05) is 6.92 Å². The molecule has 0 spiro atoms. The Morgan fingerprint density at radius 3 is 2.59 bits per heavy atom. The fraction of sp³-hybridized carbons (Fsp3) is 0.250. The maximum absolute atomic E-state index is 13.6. The summed E-state index contributed by atoms with van der Waals surface area (Å²) >= 11 is 0. The van der Waals surface area contributed by atoms with Gasteiger partial charge in [0, 0.05) is 17.5 Å². The SMILES string of the molecule is CCCNC(=O)c1nnc2c(-c3ccc(OC)cc3C(F)(F)F)cccc2c1N. The lowest BCUT2D eigenvalue weighted by Gasteiger charge is -2.16. The van der Waals surface area contributed by atoms with Crippen molar-refractivity contribution in [2.24, 2.45) is 0 Å². The number of methoxy groups -OCH3 is 1. The zero-order valence-electron chi connectivity index (χ0n) is 15.8. The van der Waals surface area contributed by atoms with Gasteiger partial charge in [0.15, 0.2) is 5.69 Å². The van der Waals surface area contributed by atoms with Gasteiger partial charge in [0.1, 0.15) is 11.3 Å². The minimum atomic E-state index is -4.61. The summed E-state index contributed by atoms with van der Waals surface area (Å²) in [5.41, 5.74) is 5.53. The van der Waals surface area contributed by atoms with Crippen LogP contribution < -0.4 is 15.8 Å². The first-order valence-corrected chi connectivity index (χ1v) is 8.86. The van der Waals surface area contributed by atoms with E-state index in [1.54, 1.807) is 12.1 Å². The molecule has 0 saturated carbocycles. The summed E-state index contributed by atoms with van der Waals surface area (Å²) in [7, 11) is 1.30. The lowest BCUT2D eigenvalue weighted by atomic mass is 9.96. The number of nitrogens with zero attached hydrogens (tertiary/aromatic N) is 2. The quantitative estimate of drug-likeness (QED) is 0.670. The minimum Gasteiger partial charge on any atom is -0.497 e. The van der Waals surface area contributed by atoms with Crippen molar-refractivity contribution in [3.05, 3.63) is 47.7 Å². The topological polar surface area (TPSA) is 90.1 Å². The molecule has 0 saturated heterocycles. The number of halogens is 3. The normalized spacial score (nSPS) is 11.5. The van der Waals surface area contributed by atoms with Gasteiger partial charge in [-0.2, -0.15) is 13.2 Å². The first-order chi connectivity index (χ1) is 13.8. The number of amides is 1. The van der Waals surface area contributed by atoms with Crippen molar-refractivity contribution in [1.29, 1.82) is 0 Å². The van der Waals surface area contributed by atoms with Crippen LogP contribution in [0.3, 0.4) is 0 Å². The van der Waals surface area contributed by atoms with E-state index in [0.717, 1.165) is 12.5 Å². The van der Waals surface area contributed by atoms with Crippen LogP contribution >= 0.6 is 0 Å². The van der Waals surface area contributed by atoms with Crippen molar-refractivity contribution in [2.45, 2.75) is 19.5 Å². The number of aromatic nitrogens is 2. The highest BCUT2D eigenvalue weighted by Crippen LogP contribution is 2.41. The molecule has 1 amide bonds. The second-order valence-electron chi connectivity index (χ2n) is 6.33. The highest BCUT2D eigenvalue weighted by atomic mass is 19.4. The van der Waals surface area contributed by atoms with Crippen molar-refractivity contribution in [3.63, 3.8) is 0 Å². The summed E-state index contributed by atoms with van der Waals surface area (Å²) < 4.78 is 45.9. The molecule has 0 aliphatic rings. The number of alkyl halides is 3. The maximum atomic E-state index is 13.6. The molecular formula is C20H19F3N4O2. The Labute approximate surface area is 164 Å². The van der Waals surface area contributed by atoms with E-state index in [2.05, 4.69) is 15.5 Å². The fourth-order valence-electron chi connectivity index (χ4n) is 2.98. The number of nitrogen functional groups attached to an aromatic ring is 1. The van der Waals surface area contributed by atoms with Crippen LogP contribution in [0, 0.1) is 0 Å². The van der Waals surface area contributed by atoms with E-state index in [9.17, 15) is 18.0 Å². The van der Waals surface area contributed by atoms with Crippen molar-refractivity contribution >= 4 is 22.5 Å². The molecule has 0 radical (unpaired) electrons. The van der Waals surface area contributed by atoms with Crippen molar-refractivity contribution in [2.75, 3.05) is 19.4 Å². The third-order valence-electron chi connectivity index (χ3n) is 4.40. The second-order valence-corrected chi connectivity index (χ2v) is 6.33. The molecule has 2 aromatic carbocycles. The van der Waals surface area contributed by atoms with E-state index >= 15 is 0 Å². The molecule has 3 rings (SSSR count).